The molecule has 1 atom stereocenters. The topological polar surface area (TPSA) is 50.3 Å². The van der Waals surface area contributed by atoms with E-state index in [9.17, 15) is 0 Å². The van der Waals surface area contributed by atoms with Gasteiger partial charge in [0.2, 0.25) is 11.8 Å². The summed E-state index contributed by atoms with van der Waals surface area (Å²) < 4.78 is 5.57. The van der Waals surface area contributed by atoms with Gasteiger partial charge in [0.15, 0.2) is 0 Å². The van der Waals surface area contributed by atoms with E-state index in [1.807, 2.05) is 13.0 Å². The van der Waals surface area contributed by atoms with E-state index in [0.717, 1.165) is 18.7 Å². The molecule has 0 radical (unpaired) electrons. The fraction of sp³-hybridized carbons (Fsp3) is 0.714. The predicted octanol–water partition coefficient (Wildman–Crippen LogP) is 2.08. The number of hydrogen-bond donors (Lipinski definition) is 1. The average molecular weight is 264 g/mol. The van der Waals surface area contributed by atoms with Gasteiger partial charge in [-0.05, 0) is 39.8 Å². The normalized spacial score (nSPS) is 19.6. The zero-order chi connectivity index (χ0) is 13.7. The van der Waals surface area contributed by atoms with Crippen molar-refractivity contribution in [1.29, 1.82) is 0 Å². The molecule has 1 unspecified atom stereocenters. The van der Waals surface area contributed by atoms with E-state index in [4.69, 9.17) is 4.74 Å². The van der Waals surface area contributed by atoms with Crippen molar-refractivity contribution >= 4 is 5.95 Å². The molecule has 1 aliphatic rings. The fourth-order valence-electron chi connectivity index (χ4n) is 2.35. The van der Waals surface area contributed by atoms with E-state index in [0.29, 0.717) is 24.5 Å². The molecule has 1 aromatic heterocycles. The third kappa shape index (κ3) is 4.06. The Hall–Kier alpha value is -1.36. The number of nitrogens with one attached hydrogen (secondary N) is 1. The van der Waals surface area contributed by atoms with Gasteiger partial charge >= 0.3 is 0 Å². The van der Waals surface area contributed by atoms with Crippen LogP contribution >= 0.6 is 0 Å². The number of hydrogen-bond acceptors (Lipinski definition) is 5. The maximum atomic E-state index is 5.57. The molecule has 0 saturated carbocycles. The molecule has 1 saturated heterocycles. The monoisotopic (exact) mass is 264 g/mol. The number of rotatable bonds is 6. The largest absolute Gasteiger partial charge is 0.478 e. The van der Waals surface area contributed by atoms with Crippen LogP contribution < -0.4 is 10.1 Å². The van der Waals surface area contributed by atoms with Crippen molar-refractivity contribution in [2.45, 2.75) is 39.2 Å². The molecule has 1 N–H and O–H groups in total. The van der Waals surface area contributed by atoms with Gasteiger partial charge in [0.1, 0.15) is 0 Å². The second-order valence-corrected chi connectivity index (χ2v) is 5.18. The number of anilines is 1. The summed E-state index contributed by atoms with van der Waals surface area (Å²) in [6.07, 6.45) is 3.51. The molecule has 2 heterocycles. The second-order valence-electron chi connectivity index (χ2n) is 5.18. The van der Waals surface area contributed by atoms with E-state index < -0.39 is 0 Å². The Kier molecular flexibility index (Phi) is 4.96. The molecule has 1 aromatic rings. The highest BCUT2D eigenvalue weighted by Gasteiger charge is 2.20. The number of likely N-dealkylation sites (N-methyl/N-ethyl adjacent to an activating group) is 1. The standard InChI is InChI=1S/C14H24N4O/c1-4-8-19-13-9-11(2)16-14(17-13)15-10-12-6-5-7-18(12)3/h9,12H,4-8,10H2,1-3H3,(H,15,16,17). The minimum Gasteiger partial charge on any atom is -0.478 e. The van der Waals surface area contributed by atoms with E-state index in [2.05, 4.69) is 34.2 Å². The summed E-state index contributed by atoms with van der Waals surface area (Å²) in [5, 5.41) is 3.33. The van der Waals surface area contributed by atoms with Crippen molar-refractivity contribution in [2.75, 3.05) is 32.1 Å². The van der Waals surface area contributed by atoms with Gasteiger partial charge in [-0.2, -0.15) is 4.98 Å². The van der Waals surface area contributed by atoms with E-state index in [1.54, 1.807) is 0 Å². The summed E-state index contributed by atoms with van der Waals surface area (Å²) >= 11 is 0. The molecular formula is C14H24N4O. The van der Waals surface area contributed by atoms with Crippen LogP contribution in [0.4, 0.5) is 5.95 Å². The molecule has 0 bridgehead atoms. The highest BCUT2D eigenvalue weighted by Crippen LogP contribution is 2.16. The third-order valence-electron chi connectivity index (χ3n) is 3.45. The van der Waals surface area contributed by atoms with Gasteiger partial charge in [-0.25, -0.2) is 4.98 Å². The number of aromatic nitrogens is 2. The molecule has 0 aliphatic carbocycles. The van der Waals surface area contributed by atoms with Crippen LogP contribution in [0.15, 0.2) is 6.07 Å². The zero-order valence-electron chi connectivity index (χ0n) is 12.1. The van der Waals surface area contributed by atoms with E-state index in [1.165, 1.54) is 19.4 Å². The fourth-order valence-corrected chi connectivity index (χ4v) is 2.35. The van der Waals surface area contributed by atoms with Crippen molar-refractivity contribution in [2.24, 2.45) is 0 Å². The second kappa shape index (κ2) is 6.70. The van der Waals surface area contributed by atoms with Crippen LogP contribution in [0.5, 0.6) is 5.88 Å². The summed E-state index contributed by atoms with van der Waals surface area (Å²) in [4.78, 5) is 11.2. The summed E-state index contributed by atoms with van der Waals surface area (Å²) in [6.45, 7) is 6.83. The van der Waals surface area contributed by atoms with Gasteiger partial charge in [-0.15, -0.1) is 0 Å². The maximum Gasteiger partial charge on any atom is 0.226 e. The van der Waals surface area contributed by atoms with Crippen LogP contribution in [0.25, 0.3) is 0 Å². The van der Waals surface area contributed by atoms with Crippen LogP contribution in [-0.2, 0) is 0 Å². The molecular weight excluding hydrogens is 240 g/mol. The van der Waals surface area contributed by atoms with Gasteiger partial charge in [-0.3, -0.25) is 0 Å². The molecule has 19 heavy (non-hydrogen) atoms. The highest BCUT2D eigenvalue weighted by atomic mass is 16.5. The smallest absolute Gasteiger partial charge is 0.226 e. The first-order valence-electron chi connectivity index (χ1n) is 7.11. The molecule has 0 aromatic carbocycles. The number of likely N-dealkylation sites (tertiary alicyclic amines) is 1. The van der Waals surface area contributed by atoms with Crippen molar-refractivity contribution in [3.8, 4) is 5.88 Å². The minimum atomic E-state index is 0.587. The number of ether oxygens (including phenoxy) is 1. The van der Waals surface area contributed by atoms with Gasteiger partial charge < -0.3 is 15.0 Å². The molecule has 1 aliphatic heterocycles. The van der Waals surface area contributed by atoms with Crippen molar-refractivity contribution < 1.29 is 4.74 Å². The zero-order valence-corrected chi connectivity index (χ0v) is 12.1. The van der Waals surface area contributed by atoms with Gasteiger partial charge in [0.05, 0.1) is 6.61 Å². The molecule has 0 spiro atoms. The van der Waals surface area contributed by atoms with Gasteiger partial charge in [-0.1, -0.05) is 6.92 Å². The first kappa shape index (κ1) is 14.1. The molecule has 1 fully saturated rings. The number of aryl methyl sites for hydroxylation is 1. The lowest BCUT2D eigenvalue weighted by Crippen LogP contribution is -2.32. The van der Waals surface area contributed by atoms with Crippen LogP contribution in [0.2, 0.25) is 0 Å². The molecule has 106 valence electrons. The Morgan fingerprint density at radius 3 is 3.00 bits per heavy atom. The van der Waals surface area contributed by atoms with E-state index >= 15 is 0 Å². The Labute approximate surface area is 115 Å². The Morgan fingerprint density at radius 2 is 2.32 bits per heavy atom. The number of nitrogens with zero attached hydrogens (tertiary/aromatic N) is 3. The Bertz CT molecular complexity index is 410. The Morgan fingerprint density at radius 1 is 1.47 bits per heavy atom. The summed E-state index contributed by atoms with van der Waals surface area (Å²) in [5.41, 5.74) is 0.934. The molecule has 5 nitrogen and oxygen atoms in total. The van der Waals surface area contributed by atoms with E-state index in [-0.39, 0.29) is 0 Å². The molecule has 0 amide bonds. The van der Waals surface area contributed by atoms with Crippen molar-refractivity contribution in [3.05, 3.63) is 11.8 Å². The quantitative estimate of drug-likeness (QED) is 0.852. The first-order valence-corrected chi connectivity index (χ1v) is 7.11. The SMILES string of the molecule is CCCOc1cc(C)nc(NCC2CCCN2C)n1. The van der Waals surface area contributed by atoms with Crippen molar-refractivity contribution in [3.63, 3.8) is 0 Å². The lowest BCUT2D eigenvalue weighted by molar-refractivity contribution is 0.304. The maximum absolute atomic E-state index is 5.57. The highest BCUT2D eigenvalue weighted by molar-refractivity contribution is 5.30. The molecule has 2 rings (SSSR count). The summed E-state index contributed by atoms with van der Waals surface area (Å²) in [5.74, 6) is 1.34. The van der Waals surface area contributed by atoms with Crippen LogP contribution in [0.3, 0.4) is 0 Å². The van der Waals surface area contributed by atoms with Crippen molar-refractivity contribution in [1.82, 2.24) is 14.9 Å². The third-order valence-corrected chi connectivity index (χ3v) is 3.45. The Balaban J connectivity index is 1.93. The lowest BCUT2D eigenvalue weighted by atomic mass is 10.2. The average Bonchev–Trinajstić information content (AvgIpc) is 2.79. The predicted molar refractivity (Wildman–Crippen MR) is 76.7 cm³/mol. The lowest BCUT2D eigenvalue weighted by Gasteiger charge is -2.19. The van der Waals surface area contributed by atoms with Crippen LogP contribution in [0, 0.1) is 6.92 Å². The van der Waals surface area contributed by atoms with Gasteiger partial charge in [0, 0.05) is 24.3 Å². The van der Waals surface area contributed by atoms with Gasteiger partial charge in [0.25, 0.3) is 0 Å². The molecule has 5 heteroatoms. The summed E-state index contributed by atoms with van der Waals surface area (Å²) in [6, 6.07) is 2.46. The van der Waals surface area contributed by atoms with Crippen LogP contribution in [0.1, 0.15) is 31.9 Å². The minimum absolute atomic E-state index is 0.587. The summed E-state index contributed by atoms with van der Waals surface area (Å²) in [7, 11) is 2.17. The first-order chi connectivity index (χ1) is 9.19. The van der Waals surface area contributed by atoms with Crippen LogP contribution in [-0.4, -0.2) is 47.7 Å².